The van der Waals surface area contributed by atoms with Crippen molar-refractivity contribution in [2.45, 2.75) is 50.6 Å². The van der Waals surface area contributed by atoms with Gasteiger partial charge in [0.15, 0.2) is 0 Å². The number of carbonyl (C=O) groups is 1. The van der Waals surface area contributed by atoms with Gasteiger partial charge in [0.05, 0.1) is 10.9 Å². The molecular weight excluding hydrogens is 430 g/mol. The number of nitrogens with zero attached hydrogens (tertiary/aromatic N) is 3. The van der Waals surface area contributed by atoms with Gasteiger partial charge in [-0.1, -0.05) is 25.5 Å². The van der Waals surface area contributed by atoms with Crippen LogP contribution in [0.5, 0.6) is 0 Å². The molecule has 8 heteroatoms. The average Bonchev–Trinajstić information content (AvgIpc) is 3.27. The molecule has 31 heavy (non-hydrogen) atoms. The fraction of sp³-hybridized carbons (Fsp3) is 0.522. The number of benzene rings is 1. The second-order valence-electron chi connectivity index (χ2n) is 8.39. The lowest BCUT2D eigenvalue weighted by molar-refractivity contribution is -0.137. The third-order valence-corrected chi connectivity index (χ3v) is 9.33. The Morgan fingerprint density at radius 2 is 1.77 bits per heavy atom. The minimum absolute atomic E-state index is 0.139. The summed E-state index contributed by atoms with van der Waals surface area (Å²) in [4.78, 5) is 18.9. The van der Waals surface area contributed by atoms with Gasteiger partial charge in [-0.3, -0.25) is 9.69 Å². The molecule has 1 aromatic heterocycles. The number of hydrogen-bond acceptors (Lipinski definition) is 5. The zero-order valence-corrected chi connectivity index (χ0v) is 19.9. The monoisotopic (exact) mass is 461 g/mol. The lowest BCUT2D eigenvalue weighted by Gasteiger charge is -2.39. The highest BCUT2D eigenvalue weighted by molar-refractivity contribution is 7.89. The maximum Gasteiger partial charge on any atom is 0.243 e. The Bertz CT molecular complexity index is 1010. The van der Waals surface area contributed by atoms with Crippen molar-refractivity contribution in [1.29, 1.82) is 0 Å². The van der Waals surface area contributed by atoms with Crippen LogP contribution < -0.4 is 0 Å². The van der Waals surface area contributed by atoms with Crippen molar-refractivity contribution in [1.82, 2.24) is 14.1 Å². The van der Waals surface area contributed by atoms with Gasteiger partial charge in [-0.25, -0.2) is 8.42 Å². The zero-order valence-electron chi connectivity index (χ0n) is 18.3. The van der Waals surface area contributed by atoms with Crippen LogP contribution in [0, 0.1) is 0 Å². The standard InChI is InChI=1S/C23H31N3O3S2/c1-3-4-19-5-7-21(8-6-19)31(28,29)26-14-12-24(13-15-26)18(2)23(27)25-11-9-22-20(17-25)10-16-30-22/h5-8,10,16,18H,3-4,9,11-15,17H2,1-2H3. The van der Waals surface area contributed by atoms with Gasteiger partial charge < -0.3 is 4.90 Å². The number of rotatable bonds is 6. The molecule has 0 aliphatic carbocycles. The first-order chi connectivity index (χ1) is 14.9. The smallest absolute Gasteiger partial charge is 0.243 e. The van der Waals surface area contributed by atoms with Gasteiger partial charge in [-0.15, -0.1) is 11.3 Å². The van der Waals surface area contributed by atoms with Gasteiger partial charge in [0.2, 0.25) is 15.9 Å². The number of fused-ring (bicyclic) bond motifs is 1. The minimum atomic E-state index is -3.50. The Kier molecular flexibility index (Phi) is 6.81. The molecule has 1 aromatic carbocycles. The number of sulfonamides is 1. The van der Waals surface area contributed by atoms with Crippen molar-refractivity contribution in [2.24, 2.45) is 0 Å². The highest BCUT2D eigenvalue weighted by Crippen LogP contribution is 2.25. The second kappa shape index (κ2) is 9.40. The van der Waals surface area contributed by atoms with Crippen LogP contribution >= 0.6 is 11.3 Å². The van der Waals surface area contributed by atoms with E-state index in [2.05, 4.69) is 23.3 Å². The van der Waals surface area contributed by atoms with E-state index in [1.807, 2.05) is 24.0 Å². The van der Waals surface area contributed by atoms with Gasteiger partial charge >= 0.3 is 0 Å². The molecule has 4 rings (SSSR count). The Hall–Kier alpha value is -1.74. The predicted octanol–water partition coefficient (Wildman–Crippen LogP) is 2.98. The van der Waals surface area contributed by atoms with Crippen LogP contribution in [0.15, 0.2) is 40.6 Å². The highest BCUT2D eigenvalue weighted by atomic mass is 32.2. The lowest BCUT2D eigenvalue weighted by atomic mass is 10.1. The summed E-state index contributed by atoms with van der Waals surface area (Å²) in [5.41, 5.74) is 2.42. The van der Waals surface area contributed by atoms with Crippen LogP contribution in [0.3, 0.4) is 0 Å². The maximum absolute atomic E-state index is 13.1. The summed E-state index contributed by atoms with van der Waals surface area (Å²) in [5, 5.41) is 2.10. The van der Waals surface area contributed by atoms with Gasteiger partial charge in [-0.2, -0.15) is 4.31 Å². The molecule has 3 heterocycles. The van der Waals surface area contributed by atoms with Crippen molar-refractivity contribution >= 4 is 27.3 Å². The first-order valence-corrected chi connectivity index (χ1v) is 13.4. The molecule has 168 valence electrons. The van der Waals surface area contributed by atoms with E-state index in [-0.39, 0.29) is 11.9 Å². The molecule has 0 N–H and O–H groups in total. The topological polar surface area (TPSA) is 60.9 Å². The molecule has 2 aromatic rings. The number of carbonyl (C=O) groups excluding carboxylic acids is 1. The van der Waals surface area contributed by atoms with Crippen LogP contribution in [0.25, 0.3) is 0 Å². The highest BCUT2D eigenvalue weighted by Gasteiger charge is 2.34. The van der Waals surface area contributed by atoms with E-state index in [4.69, 9.17) is 0 Å². The van der Waals surface area contributed by atoms with E-state index in [0.29, 0.717) is 37.6 Å². The molecule has 6 nitrogen and oxygen atoms in total. The molecule has 1 saturated heterocycles. The first-order valence-electron chi connectivity index (χ1n) is 11.1. The molecule has 1 fully saturated rings. The van der Waals surface area contributed by atoms with Crippen LogP contribution in [0.1, 0.15) is 36.3 Å². The molecule has 2 aliphatic heterocycles. The van der Waals surface area contributed by atoms with E-state index >= 15 is 0 Å². The molecule has 0 radical (unpaired) electrons. The minimum Gasteiger partial charge on any atom is -0.337 e. The van der Waals surface area contributed by atoms with E-state index in [0.717, 1.165) is 31.4 Å². The van der Waals surface area contributed by atoms with Gasteiger partial charge in [0.25, 0.3) is 0 Å². The summed E-state index contributed by atoms with van der Waals surface area (Å²) in [6.07, 6.45) is 2.92. The van der Waals surface area contributed by atoms with Crippen molar-refractivity contribution in [3.8, 4) is 0 Å². The quantitative estimate of drug-likeness (QED) is 0.664. The number of amides is 1. The summed E-state index contributed by atoms with van der Waals surface area (Å²) in [7, 11) is -3.50. The maximum atomic E-state index is 13.1. The number of piperazine rings is 1. The fourth-order valence-electron chi connectivity index (χ4n) is 4.45. The Morgan fingerprint density at radius 1 is 1.06 bits per heavy atom. The average molecular weight is 462 g/mol. The van der Waals surface area contributed by atoms with Crippen molar-refractivity contribution in [3.05, 3.63) is 51.7 Å². The van der Waals surface area contributed by atoms with Gasteiger partial charge in [0.1, 0.15) is 0 Å². The fourth-order valence-corrected chi connectivity index (χ4v) is 6.77. The number of hydrogen-bond donors (Lipinski definition) is 0. The normalized spacial score (nSPS) is 19.2. The summed E-state index contributed by atoms with van der Waals surface area (Å²) in [5.74, 6) is 0.139. The van der Waals surface area contributed by atoms with E-state index in [1.165, 1.54) is 10.4 Å². The molecule has 1 amide bonds. The Balaban J connectivity index is 1.35. The summed E-state index contributed by atoms with van der Waals surface area (Å²) >= 11 is 1.77. The summed E-state index contributed by atoms with van der Waals surface area (Å²) in [6.45, 7) is 7.46. The molecule has 1 atom stereocenters. The molecule has 0 spiro atoms. The number of thiophene rings is 1. The molecule has 1 unspecified atom stereocenters. The first kappa shape index (κ1) is 22.5. The third-order valence-electron chi connectivity index (χ3n) is 6.40. The Morgan fingerprint density at radius 3 is 2.45 bits per heavy atom. The summed E-state index contributed by atoms with van der Waals surface area (Å²) < 4.78 is 27.6. The second-order valence-corrected chi connectivity index (χ2v) is 11.3. The van der Waals surface area contributed by atoms with E-state index in [9.17, 15) is 13.2 Å². The van der Waals surface area contributed by atoms with Crippen LogP contribution in [-0.4, -0.2) is 67.2 Å². The van der Waals surface area contributed by atoms with Crippen LogP contribution in [0.2, 0.25) is 0 Å². The molecular formula is C23H31N3O3S2. The largest absolute Gasteiger partial charge is 0.337 e. The van der Waals surface area contributed by atoms with Gasteiger partial charge in [-0.05, 0) is 54.5 Å². The summed E-state index contributed by atoms with van der Waals surface area (Å²) in [6, 6.07) is 9.12. The SMILES string of the molecule is CCCc1ccc(S(=O)(=O)N2CCN(C(C)C(=O)N3CCc4sccc4C3)CC2)cc1. The molecule has 0 bridgehead atoms. The van der Waals surface area contributed by atoms with E-state index in [1.54, 1.807) is 27.8 Å². The van der Waals surface area contributed by atoms with Crippen molar-refractivity contribution in [3.63, 3.8) is 0 Å². The lowest BCUT2D eigenvalue weighted by Crippen LogP contribution is -2.55. The number of aryl methyl sites for hydroxylation is 1. The van der Waals surface area contributed by atoms with E-state index < -0.39 is 10.0 Å². The molecule has 0 saturated carbocycles. The van der Waals surface area contributed by atoms with Crippen molar-refractivity contribution in [2.75, 3.05) is 32.7 Å². The van der Waals surface area contributed by atoms with Gasteiger partial charge in [0, 0.05) is 44.1 Å². The Labute approximate surface area is 189 Å². The predicted molar refractivity (Wildman–Crippen MR) is 124 cm³/mol. The van der Waals surface area contributed by atoms with Crippen LogP contribution in [-0.2, 0) is 34.2 Å². The van der Waals surface area contributed by atoms with Crippen molar-refractivity contribution < 1.29 is 13.2 Å². The zero-order chi connectivity index (χ0) is 22.0. The third kappa shape index (κ3) is 4.72. The van der Waals surface area contributed by atoms with Crippen LogP contribution in [0.4, 0.5) is 0 Å². The molecule has 2 aliphatic rings.